The number of alkyl halides is 3. The quantitative estimate of drug-likeness (QED) is 0.873. The Morgan fingerprint density at radius 1 is 1.18 bits per heavy atom. The van der Waals surface area contributed by atoms with Crippen molar-refractivity contribution in [3.8, 4) is 0 Å². The molecule has 4 heterocycles. The van der Waals surface area contributed by atoms with Crippen LogP contribution in [0.15, 0.2) is 6.33 Å². The predicted octanol–water partition coefficient (Wildman–Crippen LogP) is 2.13. The molecule has 2 fully saturated rings. The van der Waals surface area contributed by atoms with E-state index < -0.39 is 12.0 Å². The van der Waals surface area contributed by atoms with Gasteiger partial charge in [0.25, 0.3) is 0 Å². The standard InChI is InChI=1S/C13H14F3N5O/c14-13(15,16)11-19-9-8(17-7-18-9)10(20-11)21-4-1-12(2-5-21)3-6-22-12/h7H,1-6H2,(H,17,18,19,20). The summed E-state index contributed by atoms with van der Waals surface area (Å²) in [5, 5.41) is 0. The topological polar surface area (TPSA) is 66.9 Å². The summed E-state index contributed by atoms with van der Waals surface area (Å²) >= 11 is 0. The number of aromatic amines is 1. The summed E-state index contributed by atoms with van der Waals surface area (Å²) in [6.07, 6.45) is -0.626. The molecule has 0 unspecified atom stereocenters. The van der Waals surface area contributed by atoms with Crippen LogP contribution in [-0.2, 0) is 10.9 Å². The van der Waals surface area contributed by atoms with E-state index >= 15 is 0 Å². The first-order chi connectivity index (χ1) is 10.5. The smallest absolute Gasteiger partial charge is 0.375 e. The number of ether oxygens (including phenoxy) is 1. The minimum atomic E-state index is -4.59. The molecule has 118 valence electrons. The fourth-order valence-corrected chi connectivity index (χ4v) is 3.08. The highest BCUT2D eigenvalue weighted by Crippen LogP contribution is 2.39. The van der Waals surface area contributed by atoms with E-state index in [0.717, 1.165) is 25.9 Å². The number of hydrogen-bond acceptors (Lipinski definition) is 5. The Bertz CT molecular complexity index is 699. The van der Waals surface area contributed by atoms with Crippen molar-refractivity contribution in [2.45, 2.75) is 31.0 Å². The SMILES string of the molecule is FC(F)(F)c1nc(N2CCC3(CCO3)CC2)c2[nH]cnc2n1. The molecule has 9 heteroatoms. The van der Waals surface area contributed by atoms with Gasteiger partial charge in [-0.1, -0.05) is 0 Å². The lowest BCUT2D eigenvalue weighted by molar-refractivity contribution is -0.158. The number of piperidine rings is 1. The first-order valence-electron chi connectivity index (χ1n) is 7.14. The third-order valence-corrected chi connectivity index (χ3v) is 4.46. The molecule has 22 heavy (non-hydrogen) atoms. The lowest BCUT2D eigenvalue weighted by Gasteiger charge is -2.47. The third-order valence-electron chi connectivity index (χ3n) is 4.46. The number of anilines is 1. The second-order valence-corrected chi connectivity index (χ2v) is 5.74. The van der Waals surface area contributed by atoms with Gasteiger partial charge in [-0.3, -0.25) is 0 Å². The van der Waals surface area contributed by atoms with Crippen LogP contribution in [-0.4, -0.2) is 45.2 Å². The Morgan fingerprint density at radius 3 is 2.50 bits per heavy atom. The number of halogens is 3. The van der Waals surface area contributed by atoms with Crippen molar-refractivity contribution < 1.29 is 17.9 Å². The molecule has 0 atom stereocenters. The molecular weight excluding hydrogens is 299 g/mol. The maximum Gasteiger partial charge on any atom is 0.451 e. The number of hydrogen-bond donors (Lipinski definition) is 1. The number of H-pyrrole nitrogens is 1. The summed E-state index contributed by atoms with van der Waals surface area (Å²) in [4.78, 5) is 15.8. The Labute approximate surface area is 123 Å². The molecule has 0 amide bonds. The number of nitrogens with zero attached hydrogens (tertiary/aromatic N) is 4. The predicted molar refractivity (Wildman–Crippen MR) is 71.4 cm³/mol. The second-order valence-electron chi connectivity index (χ2n) is 5.74. The van der Waals surface area contributed by atoms with Gasteiger partial charge in [-0.15, -0.1) is 0 Å². The molecule has 2 aromatic rings. The van der Waals surface area contributed by atoms with E-state index in [1.165, 1.54) is 6.33 Å². The Kier molecular flexibility index (Phi) is 2.84. The monoisotopic (exact) mass is 313 g/mol. The van der Waals surface area contributed by atoms with Crippen LogP contribution in [0.25, 0.3) is 11.2 Å². The van der Waals surface area contributed by atoms with Gasteiger partial charge in [0, 0.05) is 13.1 Å². The van der Waals surface area contributed by atoms with Gasteiger partial charge >= 0.3 is 6.18 Å². The summed E-state index contributed by atoms with van der Waals surface area (Å²) in [6, 6.07) is 0. The van der Waals surface area contributed by atoms with E-state index in [0.29, 0.717) is 18.6 Å². The third kappa shape index (κ3) is 2.11. The molecule has 1 N–H and O–H groups in total. The van der Waals surface area contributed by atoms with E-state index in [2.05, 4.69) is 19.9 Å². The van der Waals surface area contributed by atoms with Crippen LogP contribution in [0.4, 0.5) is 19.0 Å². The van der Waals surface area contributed by atoms with Gasteiger partial charge in [-0.2, -0.15) is 13.2 Å². The molecule has 0 saturated carbocycles. The first-order valence-corrected chi connectivity index (χ1v) is 7.14. The summed E-state index contributed by atoms with van der Waals surface area (Å²) < 4.78 is 44.5. The number of aromatic nitrogens is 4. The normalized spacial score (nSPS) is 21.3. The van der Waals surface area contributed by atoms with Gasteiger partial charge in [0.15, 0.2) is 11.5 Å². The Hall–Kier alpha value is -1.90. The molecule has 0 aliphatic carbocycles. The molecule has 2 aliphatic heterocycles. The minimum Gasteiger partial charge on any atom is -0.375 e. The van der Waals surface area contributed by atoms with Crippen LogP contribution in [0.2, 0.25) is 0 Å². The van der Waals surface area contributed by atoms with Gasteiger partial charge in [-0.25, -0.2) is 15.0 Å². The van der Waals surface area contributed by atoms with Crippen LogP contribution in [0.1, 0.15) is 25.1 Å². The maximum atomic E-state index is 13.0. The minimum absolute atomic E-state index is 0.0394. The van der Waals surface area contributed by atoms with Gasteiger partial charge in [0.1, 0.15) is 5.52 Å². The molecule has 6 nitrogen and oxygen atoms in total. The fourth-order valence-electron chi connectivity index (χ4n) is 3.08. The number of rotatable bonds is 1. The van der Waals surface area contributed by atoms with Gasteiger partial charge in [-0.05, 0) is 19.3 Å². The van der Waals surface area contributed by atoms with Crippen LogP contribution < -0.4 is 4.90 Å². The highest BCUT2D eigenvalue weighted by Gasteiger charge is 2.42. The van der Waals surface area contributed by atoms with Crippen molar-refractivity contribution in [3.05, 3.63) is 12.2 Å². The average molecular weight is 313 g/mol. The van der Waals surface area contributed by atoms with Crippen molar-refractivity contribution in [1.82, 2.24) is 19.9 Å². The number of nitrogens with one attached hydrogen (secondary N) is 1. The molecule has 4 rings (SSSR count). The van der Waals surface area contributed by atoms with Gasteiger partial charge in [0.2, 0.25) is 5.82 Å². The molecule has 2 aliphatic rings. The average Bonchev–Trinajstić information content (AvgIpc) is 2.92. The lowest BCUT2D eigenvalue weighted by atomic mass is 9.84. The zero-order valence-corrected chi connectivity index (χ0v) is 11.7. The van der Waals surface area contributed by atoms with Crippen molar-refractivity contribution in [2.75, 3.05) is 24.6 Å². The van der Waals surface area contributed by atoms with Crippen LogP contribution >= 0.6 is 0 Å². The highest BCUT2D eigenvalue weighted by atomic mass is 19.4. The largest absolute Gasteiger partial charge is 0.451 e. The molecule has 2 aromatic heterocycles. The van der Waals surface area contributed by atoms with Crippen molar-refractivity contribution >= 4 is 17.0 Å². The first kappa shape index (κ1) is 13.7. The molecule has 0 bridgehead atoms. The van der Waals surface area contributed by atoms with Crippen molar-refractivity contribution in [1.29, 1.82) is 0 Å². The molecule has 1 spiro atoms. The summed E-state index contributed by atoms with van der Waals surface area (Å²) in [6.45, 7) is 2.00. The maximum absolute atomic E-state index is 13.0. The van der Waals surface area contributed by atoms with E-state index in [1.54, 1.807) is 0 Å². The lowest BCUT2D eigenvalue weighted by Crippen LogP contribution is -2.52. The molecule has 2 saturated heterocycles. The fraction of sp³-hybridized carbons (Fsp3) is 0.615. The molecular formula is C13H14F3N5O. The highest BCUT2D eigenvalue weighted by molar-refractivity contribution is 5.83. The molecule has 0 radical (unpaired) electrons. The van der Waals surface area contributed by atoms with Crippen molar-refractivity contribution in [2.24, 2.45) is 0 Å². The van der Waals surface area contributed by atoms with Gasteiger partial charge in [0.05, 0.1) is 18.5 Å². The zero-order valence-electron chi connectivity index (χ0n) is 11.7. The van der Waals surface area contributed by atoms with E-state index in [4.69, 9.17) is 4.74 Å². The summed E-state index contributed by atoms with van der Waals surface area (Å²) in [7, 11) is 0. The number of fused-ring (bicyclic) bond motifs is 1. The van der Waals surface area contributed by atoms with Crippen molar-refractivity contribution in [3.63, 3.8) is 0 Å². The van der Waals surface area contributed by atoms with E-state index in [-0.39, 0.29) is 17.1 Å². The summed E-state index contributed by atoms with van der Waals surface area (Å²) in [5.74, 6) is -0.883. The zero-order chi connectivity index (χ0) is 15.4. The number of imidazole rings is 1. The van der Waals surface area contributed by atoms with Crippen LogP contribution in [0.3, 0.4) is 0 Å². The van der Waals surface area contributed by atoms with Crippen LogP contribution in [0.5, 0.6) is 0 Å². The van der Waals surface area contributed by atoms with E-state index in [1.807, 2.05) is 4.90 Å². The second kappa shape index (κ2) is 4.55. The Morgan fingerprint density at radius 2 is 1.91 bits per heavy atom. The molecule has 0 aromatic carbocycles. The van der Waals surface area contributed by atoms with Crippen LogP contribution in [0, 0.1) is 0 Å². The Balaban J connectivity index is 1.70. The summed E-state index contributed by atoms with van der Waals surface area (Å²) in [5.41, 5.74) is 0.416. The van der Waals surface area contributed by atoms with E-state index in [9.17, 15) is 13.2 Å². The van der Waals surface area contributed by atoms with Gasteiger partial charge < -0.3 is 14.6 Å².